The summed E-state index contributed by atoms with van der Waals surface area (Å²) < 4.78 is 0. The lowest BCUT2D eigenvalue weighted by atomic mass is 9.67. The van der Waals surface area contributed by atoms with E-state index in [1.165, 1.54) is 19.3 Å². The Bertz CT molecular complexity index is 246. The van der Waals surface area contributed by atoms with Gasteiger partial charge in [0.1, 0.15) is 0 Å². The maximum atomic E-state index is 9.00. The summed E-state index contributed by atoms with van der Waals surface area (Å²) in [4.78, 5) is 0. The fourth-order valence-corrected chi connectivity index (χ4v) is 2.31. The quantitative estimate of drug-likeness (QED) is 0.749. The van der Waals surface area contributed by atoms with Crippen molar-refractivity contribution in [3.63, 3.8) is 0 Å². The van der Waals surface area contributed by atoms with Crippen LogP contribution in [-0.4, -0.2) is 13.1 Å². The minimum Gasteiger partial charge on any atom is -0.315 e. The highest BCUT2D eigenvalue weighted by Gasteiger charge is 2.33. The van der Waals surface area contributed by atoms with Crippen molar-refractivity contribution in [2.45, 2.75) is 47.0 Å². The summed E-state index contributed by atoms with van der Waals surface area (Å²) in [5.74, 6) is 1.49. The minimum atomic E-state index is 0.150. The van der Waals surface area contributed by atoms with E-state index in [1.54, 1.807) is 0 Å². The average Bonchev–Trinajstić information content (AvgIpc) is 2.07. The maximum absolute atomic E-state index is 9.00. The highest BCUT2D eigenvalue weighted by atomic mass is 14.9. The molecule has 1 saturated carbocycles. The van der Waals surface area contributed by atoms with Crippen molar-refractivity contribution < 1.29 is 0 Å². The summed E-state index contributed by atoms with van der Waals surface area (Å²) in [6, 6.07) is 2.38. The number of hydrogen-bond donors (Lipinski definition) is 1. The molecular weight excluding hydrogens is 196 g/mol. The molecular formula is C14H26N2. The lowest BCUT2D eigenvalue weighted by Gasteiger charge is -2.40. The molecule has 0 aromatic rings. The molecule has 0 bridgehead atoms. The van der Waals surface area contributed by atoms with Gasteiger partial charge in [0.05, 0.1) is 12.0 Å². The average molecular weight is 222 g/mol. The molecule has 2 heteroatoms. The maximum Gasteiger partial charge on any atom is 0.0671 e. The summed E-state index contributed by atoms with van der Waals surface area (Å²) in [5.41, 5.74) is 0.398. The Kier molecular flexibility index (Phi) is 4.80. The van der Waals surface area contributed by atoms with E-state index in [1.807, 2.05) is 0 Å². The van der Waals surface area contributed by atoms with Gasteiger partial charge in [0, 0.05) is 13.1 Å². The second-order valence-corrected chi connectivity index (χ2v) is 6.23. The van der Waals surface area contributed by atoms with Crippen LogP contribution in [0.5, 0.6) is 0 Å². The van der Waals surface area contributed by atoms with Gasteiger partial charge in [0.15, 0.2) is 0 Å². The predicted octanol–water partition coefficient (Wildman–Crippen LogP) is 3.20. The number of rotatable bonds is 6. The largest absolute Gasteiger partial charge is 0.315 e. The highest BCUT2D eigenvalue weighted by Crippen LogP contribution is 2.41. The molecule has 1 unspecified atom stereocenters. The molecule has 0 heterocycles. The van der Waals surface area contributed by atoms with Crippen molar-refractivity contribution in [2.75, 3.05) is 13.1 Å². The van der Waals surface area contributed by atoms with E-state index >= 15 is 0 Å². The van der Waals surface area contributed by atoms with Gasteiger partial charge in [-0.2, -0.15) is 5.26 Å². The van der Waals surface area contributed by atoms with Gasteiger partial charge in [-0.15, -0.1) is 0 Å². The Morgan fingerprint density at radius 1 is 1.38 bits per heavy atom. The Labute approximate surface area is 100 Å². The number of nitriles is 1. The third-order valence-electron chi connectivity index (χ3n) is 4.13. The second kappa shape index (κ2) is 5.68. The van der Waals surface area contributed by atoms with Crippen LogP contribution in [0.3, 0.4) is 0 Å². The van der Waals surface area contributed by atoms with Gasteiger partial charge in [-0.3, -0.25) is 0 Å². The van der Waals surface area contributed by atoms with Crippen LogP contribution < -0.4 is 5.32 Å². The molecule has 1 N–H and O–H groups in total. The molecule has 0 saturated heterocycles. The fraction of sp³-hybridized carbons (Fsp3) is 0.929. The van der Waals surface area contributed by atoms with Crippen LogP contribution in [0.25, 0.3) is 0 Å². The first-order valence-electron chi connectivity index (χ1n) is 6.57. The van der Waals surface area contributed by atoms with Crippen LogP contribution in [0.1, 0.15) is 47.0 Å². The molecule has 16 heavy (non-hydrogen) atoms. The molecule has 0 aromatic carbocycles. The third kappa shape index (κ3) is 3.49. The molecule has 0 amide bonds. The number of nitrogens with one attached hydrogen (secondary N) is 1. The van der Waals surface area contributed by atoms with E-state index in [4.69, 9.17) is 5.26 Å². The SMILES string of the molecule is CC(C)C(C#N)CNCC(C)(C)C1CCC1. The Hall–Kier alpha value is -0.550. The second-order valence-electron chi connectivity index (χ2n) is 6.23. The highest BCUT2D eigenvalue weighted by molar-refractivity contribution is 4.89. The zero-order valence-corrected chi connectivity index (χ0v) is 11.2. The monoisotopic (exact) mass is 222 g/mol. The minimum absolute atomic E-state index is 0.150. The van der Waals surface area contributed by atoms with Crippen LogP contribution in [0.4, 0.5) is 0 Å². The molecule has 0 spiro atoms. The summed E-state index contributed by atoms with van der Waals surface area (Å²) >= 11 is 0. The van der Waals surface area contributed by atoms with Crippen molar-refractivity contribution in [1.29, 1.82) is 5.26 Å². The predicted molar refractivity (Wildman–Crippen MR) is 67.9 cm³/mol. The van der Waals surface area contributed by atoms with Gasteiger partial charge >= 0.3 is 0 Å². The summed E-state index contributed by atoms with van der Waals surface area (Å²) in [7, 11) is 0. The lowest BCUT2D eigenvalue weighted by molar-refractivity contribution is 0.117. The third-order valence-corrected chi connectivity index (χ3v) is 4.13. The molecule has 0 aromatic heterocycles. The number of nitrogens with zero attached hydrogens (tertiary/aromatic N) is 1. The van der Waals surface area contributed by atoms with Crippen molar-refractivity contribution in [3.8, 4) is 6.07 Å². The number of hydrogen-bond acceptors (Lipinski definition) is 2. The molecule has 0 aliphatic heterocycles. The van der Waals surface area contributed by atoms with E-state index in [2.05, 4.69) is 39.1 Å². The molecule has 92 valence electrons. The molecule has 1 fully saturated rings. The van der Waals surface area contributed by atoms with Crippen LogP contribution in [0.15, 0.2) is 0 Å². The van der Waals surface area contributed by atoms with Gasteiger partial charge in [0.2, 0.25) is 0 Å². The van der Waals surface area contributed by atoms with Crippen LogP contribution >= 0.6 is 0 Å². The molecule has 1 atom stereocenters. The summed E-state index contributed by atoms with van der Waals surface area (Å²) in [5, 5.41) is 12.5. The van der Waals surface area contributed by atoms with E-state index < -0.39 is 0 Å². The van der Waals surface area contributed by atoms with Crippen molar-refractivity contribution in [3.05, 3.63) is 0 Å². The molecule has 1 aliphatic rings. The van der Waals surface area contributed by atoms with Gasteiger partial charge in [0.25, 0.3) is 0 Å². The summed E-state index contributed by atoms with van der Waals surface area (Å²) in [6.07, 6.45) is 4.18. The van der Waals surface area contributed by atoms with Crippen LogP contribution in [0.2, 0.25) is 0 Å². The van der Waals surface area contributed by atoms with E-state index in [9.17, 15) is 0 Å². The lowest BCUT2D eigenvalue weighted by Crippen LogP contribution is -2.40. The van der Waals surface area contributed by atoms with Crippen molar-refractivity contribution >= 4 is 0 Å². The van der Waals surface area contributed by atoms with E-state index in [0.29, 0.717) is 11.3 Å². The summed E-state index contributed by atoms with van der Waals surface area (Å²) in [6.45, 7) is 10.8. The first-order valence-corrected chi connectivity index (χ1v) is 6.57. The normalized spacial score (nSPS) is 19.2. The Balaban J connectivity index is 2.26. The smallest absolute Gasteiger partial charge is 0.0671 e. The Morgan fingerprint density at radius 2 is 2.00 bits per heavy atom. The van der Waals surface area contributed by atoms with Crippen molar-refractivity contribution in [2.24, 2.45) is 23.2 Å². The van der Waals surface area contributed by atoms with E-state index in [-0.39, 0.29) is 5.92 Å². The first-order chi connectivity index (χ1) is 7.47. The van der Waals surface area contributed by atoms with Crippen LogP contribution in [-0.2, 0) is 0 Å². The molecule has 0 radical (unpaired) electrons. The van der Waals surface area contributed by atoms with E-state index in [0.717, 1.165) is 19.0 Å². The Morgan fingerprint density at radius 3 is 2.38 bits per heavy atom. The van der Waals surface area contributed by atoms with Crippen LogP contribution in [0, 0.1) is 34.5 Å². The van der Waals surface area contributed by atoms with Crippen molar-refractivity contribution in [1.82, 2.24) is 5.32 Å². The van der Waals surface area contributed by atoms with Gasteiger partial charge < -0.3 is 5.32 Å². The fourth-order valence-electron chi connectivity index (χ4n) is 2.31. The zero-order valence-electron chi connectivity index (χ0n) is 11.2. The van der Waals surface area contributed by atoms with Gasteiger partial charge in [-0.1, -0.05) is 34.1 Å². The molecule has 1 aliphatic carbocycles. The topological polar surface area (TPSA) is 35.8 Å². The zero-order chi connectivity index (χ0) is 12.2. The molecule has 2 nitrogen and oxygen atoms in total. The standard InChI is InChI=1S/C14H26N2/c1-11(2)12(8-15)9-16-10-14(3,4)13-6-5-7-13/h11-13,16H,5-7,9-10H2,1-4H3. The van der Waals surface area contributed by atoms with Gasteiger partial charge in [-0.25, -0.2) is 0 Å². The molecule has 1 rings (SSSR count). The first kappa shape index (κ1) is 13.5. The van der Waals surface area contributed by atoms with Gasteiger partial charge in [-0.05, 0) is 30.1 Å².